The van der Waals surface area contributed by atoms with Crippen LogP contribution in [0.1, 0.15) is 12.8 Å². The van der Waals surface area contributed by atoms with Crippen LogP contribution in [0.5, 0.6) is 0 Å². The number of amides is 4. The maximum atomic E-state index is 12.2. The maximum Gasteiger partial charge on any atom is 0.490 e. The van der Waals surface area contributed by atoms with Crippen molar-refractivity contribution < 1.29 is 62.5 Å². The minimum Gasteiger partial charge on any atom is -0.480 e. The second kappa shape index (κ2) is 16.0. The molecule has 0 heterocycles. The van der Waals surface area contributed by atoms with Gasteiger partial charge in [-0.3, -0.25) is 24.4 Å². The van der Waals surface area contributed by atoms with Gasteiger partial charge in [-0.25, -0.2) is 9.59 Å². The van der Waals surface area contributed by atoms with E-state index >= 15 is 0 Å². The van der Waals surface area contributed by atoms with E-state index in [1.807, 2.05) is 0 Å². The molecule has 2 atom stereocenters. The van der Waals surface area contributed by atoms with Gasteiger partial charge in [0.1, 0.15) is 18.6 Å². The Kier molecular flexibility index (Phi) is 14.3. The molecule has 15 nitrogen and oxygen atoms in total. The average Bonchev–Trinajstić information content (AvgIpc) is 2.82. The van der Waals surface area contributed by atoms with Gasteiger partial charge < -0.3 is 37.0 Å². The minimum absolute atomic E-state index is 0.174. The van der Waals surface area contributed by atoms with E-state index in [4.69, 9.17) is 25.8 Å². The molecule has 212 valence electrons. The highest BCUT2D eigenvalue weighted by atomic mass is 79.9. The lowest BCUT2D eigenvalue weighted by atomic mass is 10.1. The molecule has 0 saturated carbocycles. The normalized spacial score (nSPS) is 12.1. The number of urea groups is 1. The topological polar surface area (TPSA) is 249 Å². The zero-order valence-electron chi connectivity index (χ0n) is 19.1. The Labute approximate surface area is 219 Å². The number of halogens is 4. The van der Waals surface area contributed by atoms with Crippen LogP contribution in [0.2, 0.25) is 0 Å². The number of aliphatic carboxylic acids is 3. The molecular formula is C19H23BrF3N5O10. The molecule has 0 aliphatic carbocycles. The molecule has 0 radical (unpaired) electrons. The van der Waals surface area contributed by atoms with E-state index in [0.29, 0.717) is 5.06 Å². The number of carboxylic acid groups (broad SMARTS) is 3. The lowest BCUT2D eigenvalue weighted by molar-refractivity contribution is -0.192. The lowest BCUT2D eigenvalue weighted by Crippen LogP contribution is -2.53. The summed E-state index contributed by atoms with van der Waals surface area (Å²) < 4.78 is 32.5. The largest absolute Gasteiger partial charge is 0.490 e. The molecule has 0 saturated heterocycles. The average molecular weight is 618 g/mol. The summed E-state index contributed by atoms with van der Waals surface area (Å²) >= 11 is 3.22. The zero-order valence-corrected chi connectivity index (χ0v) is 20.7. The highest BCUT2D eigenvalue weighted by Gasteiger charge is 2.38. The Morgan fingerprint density at radius 2 is 1.53 bits per heavy atom. The number of carboxylic acids is 3. The van der Waals surface area contributed by atoms with Gasteiger partial charge in [0, 0.05) is 17.4 Å². The molecule has 19 heteroatoms. The molecule has 38 heavy (non-hydrogen) atoms. The first-order valence-electron chi connectivity index (χ1n) is 10.1. The van der Waals surface area contributed by atoms with E-state index in [1.165, 1.54) is 12.1 Å². The van der Waals surface area contributed by atoms with Crippen LogP contribution in [0.25, 0.3) is 0 Å². The molecule has 9 N–H and O–H groups in total. The number of benzene rings is 1. The van der Waals surface area contributed by atoms with Crippen molar-refractivity contribution in [1.29, 1.82) is 0 Å². The van der Waals surface area contributed by atoms with Crippen molar-refractivity contribution in [3.8, 4) is 0 Å². The van der Waals surface area contributed by atoms with Gasteiger partial charge in [0.25, 0.3) is 5.91 Å². The van der Waals surface area contributed by atoms with Crippen molar-refractivity contribution in [2.45, 2.75) is 31.1 Å². The number of alkyl halides is 3. The van der Waals surface area contributed by atoms with Crippen LogP contribution in [-0.4, -0.2) is 87.6 Å². The third-order valence-electron chi connectivity index (χ3n) is 4.03. The van der Waals surface area contributed by atoms with E-state index in [-0.39, 0.29) is 18.5 Å². The number of anilines is 1. The predicted molar refractivity (Wildman–Crippen MR) is 123 cm³/mol. The van der Waals surface area contributed by atoms with Gasteiger partial charge in [-0.15, -0.1) is 0 Å². The van der Waals surface area contributed by atoms with Crippen molar-refractivity contribution in [3.63, 3.8) is 0 Å². The lowest BCUT2D eigenvalue weighted by Gasteiger charge is -2.20. The van der Waals surface area contributed by atoms with Crippen LogP contribution in [0.3, 0.4) is 0 Å². The smallest absolute Gasteiger partial charge is 0.480 e. The molecule has 4 amide bonds. The number of hydrogen-bond donors (Lipinski definition) is 8. The third kappa shape index (κ3) is 13.9. The summed E-state index contributed by atoms with van der Waals surface area (Å²) in [5.41, 5.74) is 5.44. The highest BCUT2D eigenvalue weighted by Crippen LogP contribution is 2.18. The van der Waals surface area contributed by atoms with Gasteiger partial charge in [0.15, 0.2) is 0 Å². The number of hydroxylamine groups is 1. The van der Waals surface area contributed by atoms with Gasteiger partial charge in [-0.1, -0.05) is 15.9 Å². The van der Waals surface area contributed by atoms with E-state index < -0.39 is 67.1 Å². The molecule has 0 aliphatic rings. The van der Waals surface area contributed by atoms with Gasteiger partial charge in [0.05, 0.1) is 5.69 Å². The van der Waals surface area contributed by atoms with Crippen molar-refractivity contribution >= 4 is 57.4 Å². The molecule has 0 fully saturated rings. The molecule has 1 aromatic carbocycles. The fourth-order valence-corrected chi connectivity index (χ4v) is 2.42. The summed E-state index contributed by atoms with van der Waals surface area (Å²) in [6.45, 7) is -1.15. The van der Waals surface area contributed by atoms with Crippen molar-refractivity contribution in [2.24, 2.45) is 5.73 Å². The first-order valence-corrected chi connectivity index (χ1v) is 10.8. The maximum absolute atomic E-state index is 12.2. The summed E-state index contributed by atoms with van der Waals surface area (Å²) in [5.74, 6) is -7.10. The summed E-state index contributed by atoms with van der Waals surface area (Å²) in [5, 5.41) is 41.3. The number of carbonyl (C=O) groups excluding carboxylic acids is 3. The second-order valence-corrected chi connectivity index (χ2v) is 7.90. The number of carbonyl (C=O) groups is 6. The highest BCUT2D eigenvalue weighted by molar-refractivity contribution is 9.10. The Bertz CT molecular complexity index is 1010. The Hall–Kier alpha value is -3.97. The van der Waals surface area contributed by atoms with E-state index in [0.717, 1.165) is 4.47 Å². The van der Waals surface area contributed by atoms with Crippen molar-refractivity contribution in [2.75, 3.05) is 18.2 Å². The number of rotatable bonds is 11. The van der Waals surface area contributed by atoms with Crippen LogP contribution in [0, 0.1) is 0 Å². The first kappa shape index (κ1) is 34.0. The molecule has 0 bridgehead atoms. The fraction of sp³-hybridized carbons (Fsp3) is 0.368. The first-order chi connectivity index (χ1) is 17.4. The van der Waals surface area contributed by atoms with Crippen LogP contribution in [0.4, 0.5) is 23.7 Å². The Morgan fingerprint density at radius 3 is 1.97 bits per heavy atom. The van der Waals surface area contributed by atoms with Crippen LogP contribution < -0.4 is 26.7 Å². The van der Waals surface area contributed by atoms with Gasteiger partial charge in [-0.05, 0) is 30.7 Å². The standard InChI is InChI=1S/C17H22BrN5O8.C2HF3O2/c18-9-1-3-10(4-2-9)23(31)13(24)6-5-12(15(27)20-8-14(25)26)22-17(30)21-7-11(19)16(28)29;3-2(4,5)1(6)7/h1-4,11-12,31H,5-8,19H2,(H,20,27)(H,25,26)(H,28,29)(H2,21,22,30);(H,6,7)/t11-,12-;/m0./s1. The molecule has 1 aromatic rings. The molecule has 0 unspecified atom stereocenters. The molecule has 1 rings (SSSR count). The third-order valence-corrected chi connectivity index (χ3v) is 4.56. The van der Waals surface area contributed by atoms with E-state index in [9.17, 15) is 42.4 Å². The minimum atomic E-state index is -5.08. The monoisotopic (exact) mass is 617 g/mol. The number of nitrogens with zero attached hydrogens (tertiary/aromatic N) is 1. The van der Waals surface area contributed by atoms with Gasteiger partial charge >= 0.3 is 30.1 Å². The van der Waals surface area contributed by atoms with E-state index in [1.54, 1.807) is 12.1 Å². The van der Waals surface area contributed by atoms with Crippen molar-refractivity contribution in [1.82, 2.24) is 16.0 Å². The quantitative estimate of drug-likeness (QED) is 0.120. The second-order valence-electron chi connectivity index (χ2n) is 6.99. The van der Waals surface area contributed by atoms with Crippen molar-refractivity contribution in [3.05, 3.63) is 28.7 Å². The van der Waals surface area contributed by atoms with Crippen LogP contribution in [-0.2, 0) is 24.0 Å². The van der Waals surface area contributed by atoms with E-state index in [2.05, 4.69) is 31.9 Å². The number of hydrogen-bond acceptors (Lipinski definition) is 8. The summed E-state index contributed by atoms with van der Waals surface area (Å²) in [6.07, 6.45) is -5.75. The summed E-state index contributed by atoms with van der Waals surface area (Å²) in [4.78, 5) is 66.6. The fourth-order valence-electron chi connectivity index (χ4n) is 2.15. The number of nitrogens with two attached hydrogens (primary N) is 1. The summed E-state index contributed by atoms with van der Waals surface area (Å²) in [6, 6.07) is 2.47. The Morgan fingerprint density at radius 1 is 1.00 bits per heavy atom. The summed E-state index contributed by atoms with van der Waals surface area (Å²) in [7, 11) is 0. The predicted octanol–water partition coefficient (Wildman–Crippen LogP) is -0.135. The van der Waals surface area contributed by atoms with Crippen LogP contribution >= 0.6 is 15.9 Å². The van der Waals surface area contributed by atoms with Gasteiger partial charge in [0.2, 0.25) is 5.91 Å². The molecule has 0 aliphatic heterocycles. The zero-order chi connectivity index (χ0) is 29.6. The SMILES string of the molecule is N[C@@H](CNC(=O)N[C@@H](CCC(=O)N(O)c1ccc(Br)cc1)C(=O)NCC(=O)O)C(=O)O.O=C(O)C(F)(F)F. The molecular weight excluding hydrogens is 595 g/mol. The van der Waals surface area contributed by atoms with Crippen LogP contribution in [0.15, 0.2) is 28.7 Å². The Balaban J connectivity index is 0.00000171. The molecule has 0 spiro atoms. The van der Waals surface area contributed by atoms with Gasteiger partial charge in [-0.2, -0.15) is 18.2 Å². The molecule has 0 aromatic heterocycles. The number of nitrogens with one attached hydrogen (secondary N) is 3.